The van der Waals surface area contributed by atoms with Crippen molar-refractivity contribution in [3.63, 3.8) is 0 Å². The normalized spacial score (nSPS) is 11.8. The number of furan rings is 1. The summed E-state index contributed by atoms with van der Waals surface area (Å²) in [5.74, 6) is 0. The van der Waals surface area contributed by atoms with E-state index in [4.69, 9.17) is 12.3 Å². The number of rotatable bonds is 2. The van der Waals surface area contributed by atoms with Gasteiger partial charge in [0.05, 0.1) is 16.4 Å². The molecule has 0 bridgehead atoms. The fourth-order valence-corrected chi connectivity index (χ4v) is 5.07. The Kier molecular flexibility index (Phi) is 3.83. The summed E-state index contributed by atoms with van der Waals surface area (Å²) in [6.07, 6.45) is 0. The third-order valence-electron chi connectivity index (χ3n) is 6.49. The van der Waals surface area contributed by atoms with Gasteiger partial charge < -0.3 is 8.98 Å². The second-order valence-electron chi connectivity index (χ2n) is 8.47. The maximum Gasteiger partial charge on any atom is 0.145 e. The molecule has 152 valence electrons. The van der Waals surface area contributed by atoms with Crippen LogP contribution in [-0.2, 0) is 0 Å². The average molecular weight is 419 g/mol. The Balaban J connectivity index is 1.61. The summed E-state index contributed by atoms with van der Waals surface area (Å²) in [7, 11) is 6.40. The lowest BCUT2D eigenvalue weighted by Gasteiger charge is -2.12. The van der Waals surface area contributed by atoms with Gasteiger partial charge in [0.1, 0.15) is 19.0 Å². The molecule has 0 aliphatic carbocycles. The van der Waals surface area contributed by atoms with E-state index in [2.05, 4.69) is 83.4 Å². The van der Waals surface area contributed by atoms with Crippen molar-refractivity contribution in [1.29, 1.82) is 0 Å². The van der Waals surface area contributed by atoms with Crippen LogP contribution < -0.4 is 5.46 Å². The molecular weight excluding hydrogens is 401 g/mol. The molecule has 2 nitrogen and oxygen atoms in total. The number of hydrogen-bond acceptors (Lipinski definition) is 1. The van der Waals surface area contributed by atoms with Crippen LogP contribution in [0, 0.1) is 0 Å². The first-order chi connectivity index (χ1) is 16.3. The summed E-state index contributed by atoms with van der Waals surface area (Å²) in [6.45, 7) is 0. The predicted octanol–water partition coefficient (Wildman–Crippen LogP) is 7.14. The molecule has 0 atom stereocenters. The molecule has 0 aliphatic heterocycles. The zero-order chi connectivity index (χ0) is 21.9. The van der Waals surface area contributed by atoms with Gasteiger partial charge in [0.25, 0.3) is 0 Å². The lowest BCUT2D eigenvalue weighted by atomic mass is 9.91. The highest BCUT2D eigenvalue weighted by atomic mass is 16.3. The van der Waals surface area contributed by atoms with Crippen LogP contribution in [-0.4, -0.2) is 12.4 Å². The fourth-order valence-electron chi connectivity index (χ4n) is 5.07. The molecule has 0 aliphatic rings. The van der Waals surface area contributed by atoms with E-state index < -0.39 is 0 Å². The van der Waals surface area contributed by atoms with Crippen molar-refractivity contribution in [2.45, 2.75) is 0 Å². The van der Waals surface area contributed by atoms with Gasteiger partial charge in [-0.3, -0.25) is 0 Å². The molecule has 5 aromatic carbocycles. The monoisotopic (exact) mass is 419 g/mol. The van der Waals surface area contributed by atoms with Crippen LogP contribution >= 0.6 is 0 Å². The first kappa shape index (κ1) is 18.3. The quantitative estimate of drug-likeness (QED) is 0.272. The van der Waals surface area contributed by atoms with Crippen LogP contribution in [0.3, 0.4) is 0 Å². The van der Waals surface area contributed by atoms with E-state index in [0.29, 0.717) is 0 Å². The number of nitrogens with zero attached hydrogens (tertiary/aromatic N) is 1. The summed E-state index contributed by atoms with van der Waals surface area (Å²) >= 11 is 0. The molecule has 2 radical (unpaired) electrons. The summed E-state index contributed by atoms with van der Waals surface area (Å²) in [5.41, 5.74) is 8.09. The molecular formula is C30H18BNO. The van der Waals surface area contributed by atoms with E-state index in [0.717, 1.165) is 60.6 Å². The molecule has 7 aromatic rings. The van der Waals surface area contributed by atoms with Crippen LogP contribution in [0.25, 0.3) is 60.6 Å². The van der Waals surface area contributed by atoms with Crippen LogP contribution in [0.5, 0.6) is 0 Å². The van der Waals surface area contributed by atoms with Crippen molar-refractivity contribution in [3.05, 3.63) is 109 Å². The smallest absolute Gasteiger partial charge is 0.145 e. The number of fused-ring (bicyclic) bond motifs is 7. The Hall–Kier alpha value is -4.24. The SMILES string of the molecule is [B]c1cc(-c2ccccc2)cc(-n2c3ccccc3c3c4oc5ccccc5c4ccc32)c1. The third kappa shape index (κ3) is 2.69. The Labute approximate surface area is 192 Å². The summed E-state index contributed by atoms with van der Waals surface area (Å²) in [4.78, 5) is 0. The highest BCUT2D eigenvalue weighted by Gasteiger charge is 2.18. The molecule has 0 amide bonds. The largest absolute Gasteiger partial charge is 0.455 e. The zero-order valence-electron chi connectivity index (χ0n) is 17.8. The maximum atomic E-state index is 6.40. The molecule has 2 aromatic heterocycles. The van der Waals surface area contributed by atoms with Crippen molar-refractivity contribution in [1.82, 2.24) is 4.57 Å². The molecule has 33 heavy (non-hydrogen) atoms. The topological polar surface area (TPSA) is 18.1 Å². The Morgan fingerprint density at radius 3 is 2.21 bits per heavy atom. The first-order valence-electron chi connectivity index (χ1n) is 11.1. The predicted molar refractivity (Wildman–Crippen MR) is 139 cm³/mol. The minimum absolute atomic E-state index is 0.738. The molecule has 0 fully saturated rings. The fraction of sp³-hybridized carbons (Fsp3) is 0. The van der Waals surface area contributed by atoms with Crippen molar-refractivity contribution < 1.29 is 4.42 Å². The van der Waals surface area contributed by atoms with Crippen LogP contribution in [0.1, 0.15) is 0 Å². The molecule has 0 N–H and O–H groups in total. The van der Waals surface area contributed by atoms with Crippen molar-refractivity contribution in [2.75, 3.05) is 0 Å². The van der Waals surface area contributed by atoms with Gasteiger partial charge in [-0.2, -0.15) is 0 Å². The minimum atomic E-state index is 0.738. The molecule has 0 saturated heterocycles. The Morgan fingerprint density at radius 2 is 1.33 bits per heavy atom. The van der Waals surface area contributed by atoms with Gasteiger partial charge in [-0.15, -0.1) is 0 Å². The van der Waals surface area contributed by atoms with E-state index in [9.17, 15) is 0 Å². The first-order valence-corrected chi connectivity index (χ1v) is 11.1. The van der Waals surface area contributed by atoms with Crippen LogP contribution in [0.15, 0.2) is 114 Å². The molecule has 0 spiro atoms. The van der Waals surface area contributed by atoms with Gasteiger partial charge in [0.15, 0.2) is 0 Å². The molecule has 2 heterocycles. The van der Waals surface area contributed by atoms with Crippen LogP contribution in [0.2, 0.25) is 0 Å². The van der Waals surface area contributed by atoms with Crippen molar-refractivity contribution in [2.24, 2.45) is 0 Å². The number of benzene rings is 5. The summed E-state index contributed by atoms with van der Waals surface area (Å²) in [5, 5.41) is 4.57. The molecule has 0 unspecified atom stereocenters. The van der Waals surface area contributed by atoms with Gasteiger partial charge in [-0.25, -0.2) is 0 Å². The number of hydrogen-bond donors (Lipinski definition) is 0. The van der Waals surface area contributed by atoms with E-state index >= 15 is 0 Å². The third-order valence-corrected chi connectivity index (χ3v) is 6.49. The van der Waals surface area contributed by atoms with Crippen molar-refractivity contribution in [3.8, 4) is 16.8 Å². The van der Waals surface area contributed by atoms with E-state index in [1.54, 1.807) is 0 Å². The van der Waals surface area contributed by atoms with E-state index in [1.165, 1.54) is 5.39 Å². The maximum absolute atomic E-state index is 6.40. The zero-order valence-corrected chi connectivity index (χ0v) is 17.8. The number of para-hydroxylation sites is 2. The van der Waals surface area contributed by atoms with Gasteiger partial charge >= 0.3 is 0 Å². The lowest BCUT2D eigenvalue weighted by molar-refractivity contribution is 0.673. The van der Waals surface area contributed by atoms with Crippen molar-refractivity contribution >= 4 is 57.1 Å². The van der Waals surface area contributed by atoms with Gasteiger partial charge in [0.2, 0.25) is 0 Å². The minimum Gasteiger partial charge on any atom is -0.455 e. The number of aromatic nitrogens is 1. The molecule has 0 saturated carbocycles. The average Bonchev–Trinajstić information content (AvgIpc) is 3.40. The van der Waals surface area contributed by atoms with E-state index in [-0.39, 0.29) is 0 Å². The Morgan fingerprint density at radius 1 is 0.576 bits per heavy atom. The highest BCUT2D eigenvalue weighted by Crippen LogP contribution is 2.40. The second kappa shape index (κ2) is 6.88. The summed E-state index contributed by atoms with van der Waals surface area (Å²) in [6, 6.07) is 37.7. The lowest BCUT2D eigenvalue weighted by Crippen LogP contribution is -2.06. The summed E-state index contributed by atoms with van der Waals surface area (Å²) < 4.78 is 8.69. The Bertz CT molecular complexity index is 1830. The highest BCUT2D eigenvalue weighted by molar-refractivity contribution is 6.33. The van der Waals surface area contributed by atoms with Gasteiger partial charge in [-0.1, -0.05) is 78.3 Å². The second-order valence-corrected chi connectivity index (χ2v) is 8.47. The molecule has 3 heteroatoms. The van der Waals surface area contributed by atoms with Gasteiger partial charge in [-0.05, 0) is 47.5 Å². The van der Waals surface area contributed by atoms with Gasteiger partial charge in [0, 0.05) is 21.8 Å². The van der Waals surface area contributed by atoms with Crippen LogP contribution in [0.4, 0.5) is 0 Å². The van der Waals surface area contributed by atoms with E-state index in [1.807, 2.05) is 30.3 Å². The standard InChI is InChI=1S/C30H18BNO/c31-21-16-20(19-8-2-1-3-9-19)17-22(18-21)32-26-12-6-4-11-25(26)29-27(32)15-14-24-23-10-5-7-13-28(23)33-30(24)29/h1-18H. The molecule has 7 rings (SSSR count).